The average Bonchev–Trinajstić information content (AvgIpc) is 2.25. The molecule has 1 aliphatic heterocycles. The Labute approximate surface area is 69.3 Å². The zero-order chi connectivity index (χ0) is 6.27. The molecule has 0 amide bonds. The van der Waals surface area contributed by atoms with E-state index in [0.29, 0.717) is 6.10 Å². The Balaban J connectivity index is 2.05. The lowest BCUT2D eigenvalue weighted by atomic mass is 9.91. The standard InChI is InChI=1S/C7H11IO/c8-6-2-1-5-3-7(6)9-4-5/h5-7H,1-4H2. The molecule has 3 unspecified atom stereocenters. The molecule has 9 heavy (non-hydrogen) atoms. The number of hydrogen-bond donors (Lipinski definition) is 0. The molecule has 1 nitrogen and oxygen atoms in total. The van der Waals surface area contributed by atoms with Crippen LogP contribution in [0.2, 0.25) is 0 Å². The predicted molar refractivity (Wildman–Crippen MR) is 44.9 cm³/mol. The molecule has 2 fully saturated rings. The maximum Gasteiger partial charge on any atom is 0.0696 e. The summed E-state index contributed by atoms with van der Waals surface area (Å²) in [7, 11) is 0. The summed E-state index contributed by atoms with van der Waals surface area (Å²) in [4.78, 5) is 0. The van der Waals surface area contributed by atoms with Crippen molar-refractivity contribution in [3.05, 3.63) is 0 Å². The minimum absolute atomic E-state index is 0.615. The quantitative estimate of drug-likeness (QED) is 0.463. The second-order valence-electron chi connectivity index (χ2n) is 3.07. The summed E-state index contributed by atoms with van der Waals surface area (Å²) in [5.41, 5.74) is 0. The predicted octanol–water partition coefficient (Wildman–Crippen LogP) is 1.99. The van der Waals surface area contributed by atoms with E-state index in [-0.39, 0.29) is 0 Å². The molecule has 3 atom stereocenters. The second-order valence-corrected chi connectivity index (χ2v) is 4.67. The minimum atomic E-state index is 0.615. The van der Waals surface area contributed by atoms with Crippen LogP contribution in [0.25, 0.3) is 0 Å². The Morgan fingerprint density at radius 3 is 3.00 bits per heavy atom. The number of hydrogen-bond acceptors (Lipinski definition) is 1. The van der Waals surface area contributed by atoms with Crippen LogP contribution in [-0.2, 0) is 4.74 Å². The highest BCUT2D eigenvalue weighted by atomic mass is 127. The highest BCUT2D eigenvalue weighted by molar-refractivity contribution is 14.1. The fourth-order valence-corrected chi connectivity index (χ4v) is 2.62. The fraction of sp³-hybridized carbons (Fsp3) is 1.00. The first kappa shape index (κ1) is 6.40. The van der Waals surface area contributed by atoms with Crippen LogP contribution in [0.15, 0.2) is 0 Å². The molecular formula is C7H11IO. The molecule has 1 saturated carbocycles. The Morgan fingerprint density at radius 2 is 2.22 bits per heavy atom. The molecule has 2 heteroatoms. The normalized spacial score (nSPS) is 49.7. The zero-order valence-electron chi connectivity index (χ0n) is 5.35. The maximum atomic E-state index is 5.58. The molecular weight excluding hydrogens is 227 g/mol. The lowest BCUT2D eigenvalue weighted by molar-refractivity contribution is 0.115. The first-order chi connectivity index (χ1) is 4.36. The number of ether oxygens (including phenoxy) is 1. The smallest absolute Gasteiger partial charge is 0.0696 e. The van der Waals surface area contributed by atoms with E-state index in [2.05, 4.69) is 22.6 Å². The molecule has 0 aromatic heterocycles. The van der Waals surface area contributed by atoms with Gasteiger partial charge in [-0.1, -0.05) is 22.6 Å². The van der Waals surface area contributed by atoms with E-state index in [1.165, 1.54) is 19.3 Å². The van der Waals surface area contributed by atoms with E-state index in [1.807, 2.05) is 0 Å². The zero-order valence-corrected chi connectivity index (χ0v) is 7.50. The van der Waals surface area contributed by atoms with E-state index in [0.717, 1.165) is 16.4 Å². The van der Waals surface area contributed by atoms with Gasteiger partial charge in [-0.15, -0.1) is 0 Å². The van der Waals surface area contributed by atoms with Crippen LogP contribution < -0.4 is 0 Å². The number of rotatable bonds is 0. The van der Waals surface area contributed by atoms with Crippen molar-refractivity contribution < 1.29 is 4.74 Å². The van der Waals surface area contributed by atoms with Crippen molar-refractivity contribution in [3.63, 3.8) is 0 Å². The van der Waals surface area contributed by atoms with Crippen molar-refractivity contribution >= 4 is 22.6 Å². The average molecular weight is 238 g/mol. The molecule has 2 aliphatic rings. The van der Waals surface area contributed by atoms with Crippen LogP contribution in [0.1, 0.15) is 19.3 Å². The largest absolute Gasteiger partial charge is 0.377 e. The van der Waals surface area contributed by atoms with Gasteiger partial charge in [0.1, 0.15) is 0 Å². The minimum Gasteiger partial charge on any atom is -0.377 e. The first-order valence-electron chi connectivity index (χ1n) is 3.62. The molecule has 0 radical (unpaired) electrons. The van der Waals surface area contributed by atoms with Gasteiger partial charge in [-0.2, -0.15) is 0 Å². The van der Waals surface area contributed by atoms with Gasteiger partial charge in [-0.05, 0) is 25.2 Å². The van der Waals surface area contributed by atoms with Crippen LogP contribution >= 0.6 is 22.6 Å². The molecule has 0 spiro atoms. The van der Waals surface area contributed by atoms with Gasteiger partial charge < -0.3 is 4.74 Å². The van der Waals surface area contributed by atoms with Gasteiger partial charge in [-0.25, -0.2) is 0 Å². The molecule has 0 aromatic carbocycles. The molecule has 52 valence electrons. The van der Waals surface area contributed by atoms with E-state index in [4.69, 9.17) is 4.74 Å². The summed E-state index contributed by atoms with van der Waals surface area (Å²) >= 11 is 2.52. The molecule has 2 rings (SSSR count). The van der Waals surface area contributed by atoms with Crippen LogP contribution in [0.3, 0.4) is 0 Å². The van der Waals surface area contributed by atoms with Gasteiger partial charge >= 0.3 is 0 Å². The van der Waals surface area contributed by atoms with E-state index < -0.39 is 0 Å². The van der Waals surface area contributed by atoms with E-state index in [9.17, 15) is 0 Å². The Morgan fingerprint density at radius 1 is 1.33 bits per heavy atom. The summed E-state index contributed by atoms with van der Waals surface area (Å²) in [5.74, 6) is 0.918. The SMILES string of the molecule is IC1CCC2COC1C2. The fourth-order valence-electron chi connectivity index (χ4n) is 1.76. The molecule has 0 aromatic rings. The highest BCUT2D eigenvalue weighted by Crippen LogP contribution is 2.36. The van der Waals surface area contributed by atoms with Crippen LogP contribution in [0, 0.1) is 5.92 Å². The lowest BCUT2D eigenvalue weighted by Crippen LogP contribution is -2.22. The van der Waals surface area contributed by atoms with Gasteiger partial charge in [0.15, 0.2) is 0 Å². The number of fused-ring (bicyclic) bond motifs is 2. The summed E-state index contributed by atoms with van der Waals surface area (Å²) in [6, 6.07) is 0. The third-order valence-electron chi connectivity index (χ3n) is 2.37. The Hall–Kier alpha value is 0.690. The van der Waals surface area contributed by atoms with Crippen LogP contribution in [0.4, 0.5) is 0 Å². The van der Waals surface area contributed by atoms with Crippen molar-refractivity contribution in [2.75, 3.05) is 6.61 Å². The first-order valence-corrected chi connectivity index (χ1v) is 4.86. The second kappa shape index (κ2) is 2.38. The van der Waals surface area contributed by atoms with Crippen molar-refractivity contribution in [1.82, 2.24) is 0 Å². The molecule has 1 heterocycles. The van der Waals surface area contributed by atoms with Crippen LogP contribution in [-0.4, -0.2) is 16.6 Å². The Bertz CT molecular complexity index is 115. The molecule has 0 N–H and O–H groups in total. The van der Waals surface area contributed by atoms with Crippen LogP contribution in [0.5, 0.6) is 0 Å². The van der Waals surface area contributed by atoms with E-state index in [1.54, 1.807) is 0 Å². The molecule has 2 bridgehead atoms. The summed E-state index contributed by atoms with van der Waals surface area (Å²) in [6.45, 7) is 1.05. The number of halogens is 1. The van der Waals surface area contributed by atoms with Gasteiger partial charge in [0.2, 0.25) is 0 Å². The summed E-state index contributed by atoms with van der Waals surface area (Å²) in [6.07, 6.45) is 4.75. The summed E-state index contributed by atoms with van der Waals surface area (Å²) < 4.78 is 6.39. The topological polar surface area (TPSA) is 9.23 Å². The van der Waals surface area contributed by atoms with Crippen molar-refractivity contribution in [1.29, 1.82) is 0 Å². The van der Waals surface area contributed by atoms with Gasteiger partial charge in [0.05, 0.1) is 6.10 Å². The third-order valence-corrected chi connectivity index (χ3v) is 3.79. The maximum absolute atomic E-state index is 5.58. The third kappa shape index (κ3) is 1.11. The molecule has 1 aliphatic carbocycles. The van der Waals surface area contributed by atoms with Crippen molar-refractivity contribution in [2.24, 2.45) is 5.92 Å². The summed E-state index contributed by atoms with van der Waals surface area (Å²) in [5, 5.41) is 0. The van der Waals surface area contributed by atoms with Gasteiger partial charge in [-0.3, -0.25) is 0 Å². The lowest BCUT2D eigenvalue weighted by Gasteiger charge is -2.21. The van der Waals surface area contributed by atoms with E-state index >= 15 is 0 Å². The number of alkyl halides is 1. The van der Waals surface area contributed by atoms with Gasteiger partial charge in [0.25, 0.3) is 0 Å². The highest BCUT2D eigenvalue weighted by Gasteiger charge is 2.34. The van der Waals surface area contributed by atoms with Gasteiger partial charge in [0, 0.05) is 10.5 Å². The van der Waals surface area contributed by atoms with Crippen molar-refractivity contribution in [2.45, 2.75) is 29.3 Å². The van der Waals surface area contributed by atoms with Crippen molar-refractivity contribution in [3.8, 4) is 0 Å². The molecule has 1 saturated heterocycles. The Kier molecular flexibility index (Phi) is 1.69. The monoisotopic (exact) mass is 238 g/mol.